The normalized spacial score (nSPS) is 15.1. The van der Waals surface area contributed by atoms with Gasteiger partial charge in [0, 0.05) is 36.0 Å². The topological polar surface area (TPSA) is 89.2 Å². The Bertz CT molecular complexity index is 1500. The highest BCUT2D eigenvalue weighted by Crippen LogP contribution is 2.28. The number of hydrogen-bond acceptors (Lipinski definition) is 5. The maximum atomic E-state index is 13.9. The zero-order valence-corrected chi connectivity index (χ0v) is 21.2. The largest absolute Gasteiger partial charge is 0.489 e. The van der Waals surface area contributed by atoms with Gasteiger partial charge in [-0.2, -0.15) is 10.4 Å². The summed E-state index contributed by atoms with van der Waals surface area (Å²) in [6, 6.07) is 25.3. The second-order valence-electron chi connectivity index (χ2n) is 9.13. The molecule has 5 rings (SSSR count). The van der Waals surface area contributed by atoms with Gasteiger partial charge in [0.25, 0.3) is 5.91 Å². The third-order valence-corrected chi connectivity index (χ3v) is 6.42. The predicted molar refractivity (Wildman–Crippen MR) is 145 cm³/mol. The molecular formula is C31H27FN4O3. The molecule has 196 valence electrons. The van der Waals surface area contributed by atoms with Crippen LogP contribution >= 0.6 is 0 Å². The van der Waals surface area contributed by atoms with Gasteiger partial charge in [-0.05, 0) is 61.4 Å². The monoisotopic (exact) mass is 522 g/mol. The molecule has 0 saturated carbocycles. The van der Waals surface area contributed by atoms with Crippen LogP contribution in [0.4, 0.5) is 4.39 Å². The van der Waals surface area contributed by atoms with Crippen molar-refractivity contribution in [2.24, 2.45) is 0 Å². The van der Waals surface area contributed by atoms with Crippen molar-refractivity contribution in [3.8, 4) is 28.8 Å². The van der Waals surface area contributed by atoms with Crippen LogP contribution in [0.25, 0.3) is 23.0 Å². The van der Waals surface area contributed by atoms with Crippen LogP contribution in [-0.2, 0) is 16.1 Å². The summed E-state index contributed by atoms with van der Waals surface area (Å²) in [5.74, 6) is -0.193. The van der Waals surface area contributed by atoms with E-state index in [9.17, 15) is 14.4 Å². The molecule has 1 saturated heterocycles. The Kier molecular flexibility index (Phi) is 8.10. The second kappa shape index (κ2) is 12.2. The van der Waals surface area contributed by atoms with Gasteiger partial charge in [-0.15, -0.1) is 0 Å². The maximum Gasteiger partial charge on any atom is 0.262 e. The van der Waals surface area contributed by atoms with Gasteiger partial charge < -0.3 is 14.8 Å². The molecule has 4 aromatic rings. The van der Waals surface area contributed by atoms with Crippen molar-refractivity contribution in [3.63, 3.8) is 0 Å². The van der Waals surface area contributed by atoms with Gasteiger partial charge in [-0.25, -0.2) is 9.07 Å². The molecule has 2 heterocycles. The van der Waals surface area contributed by atoms with E-state index >= 15 is 0 Å². The highest BCUT2D eigenvalue weighted by Gasteiger charge is 2.19. The van der Waals surface area contributed by atoms with E-state index in [2.05, 4.69) is 5.32 Å². The van der Waals surface area contributed by atoms with Crippen LogP contribution in [0.15, 0.2) is 90.6 Å². The van der Waals surface area contributed by atoms with E-state index in [4.69, 9.17) is 14.6 Å². The lowest BCUT2D eigenvalue weighted by Gasteiger charge is -2.10. The zero-order valence-electron chi connectivity index (χ0n) is 21.2. The number of rotatable bonds is 9. The number of nitriles is 1. The van der Waals surface area contributed by atoms with E-state index in [1.165, 1.54) is 6.07 Å². The molecule has 1 aromatic heterocycles. The van der Waals surface area contributed by atoms with Gasteiger partial charge in [0.2, 0.25) is 0 Å². The molecule has 1 aliphatic heterocycles. The van der Waals surface area contributed by atoms with E-state index in [-0.39, 0.29) is 24.1 Å². The maximum absolute atomic E-state index is 13.9. The average Bonchev–Trinajstić information content (AvgIpc) is 3.65. The predicted octanol–water partition coefficient (Wildman–Crippen LogP) is 5.46. The summed E-state index contributed by atoms with van der Waals surface area (Å²) in [5.41, 5.74) is 3.27. The lowest BCUT2D eigenvalue weighted by molar-refractivity contribution is -0.117. The molecule has 3 aromatic carbocycles. The summed E-state index contributed by atoms with van der Waals surface area (Å²) in [4.78, 5) is 12.8. The molecular weight excluding hydrogens is 495 g/mol. The van der Waals surface area contributed by atoms with Gasteiger partial charge in [0.1, 0.15) is 29.8 Å². The summed E-state index contributed by atoms with van der Waals surface area (Å²) in [7, 11) is 0. The standard InChI is InChI=1S/C31H27FN4O3/c32-29-11-5-4-7-23(29)21-39-27-14-12-22(13-15-27)30-25(20-36(35-30)26-8-2-1-3-9-26)17-24(18-33)31(37)34-19-28-10-6-16-38-28/h1-5,7-9,11-15,17,20,28H,6,10,16,19,21H2,(H,34,37)/b24-17+/t28-/m0/s1. The van der Waals surface area contributed by atoms with E-state index in [0.717, 1.165) is 24.1 Å². The number of hydrogen-bond donors (Lipinski definition) is 1. The molecule has 0 unspecified atom stereocenters. The van der Waals surface area contributed by atoms with Crippen molar-refractivity contribution in [3.05, 3.63) is 108 Å². The number of nitrogens with zero attached hydrogens (tertiary/aromatic N) is 3. The molecule has 1 fully saturated rings. The highest BCUT2D eigenvalue weighted by molar-refractivity contribution is 6.02. The van der Waals surface area contributed by atoms with Crippen LogP contribution in [0.5, 0.6) is 5.75 Å². The third kappa shape index (κ3) is 6.40. The van der Waals surface area contributed by atoms with Crippen LogP contribution in [-0.4, -0.2) is 34.9 Å². The minimum Gasteiger partial charge on any atom is -0.489 e. The van der Waals surface area contributed by atoms with Crippen molar-refractivity contribution in [1.29, 1.82) is 5.26 Å². The molecule has 0 aliphatic carbocycles. The van der Waals surface area contributed by atoms with Crippen LogP contribution in [0.1, 0.15) is 24.0 Å². The number of nitrogens with one attached hydrogen (secondary N) is 1. The van der Waals surface area contributed by atoms with Gasteiger partial charge in [0.05, 0.1) is 17.5 Å². The molecule has 1 aliphatic rings. The molecule has 0 bridgehead atoms. The molecule has 0 radical (unpaired) electrons. The van der Waals surface area contributed by atoms with E-state index < -0.39 is 5.91 Å². The first-order valence-corrected chi connectivity index (χ1v) is 12.7. The summed E-state index contributed by atoms with van der Waals surface area (Å²) in [5, 5.41) is 17.3. The summed E-state index contributed by atoms with van der Waals surface area (Å²) in [6.07, 6.45) is 5.17. The lowest BCUT2D eigenvalue weighted by atomic mass is 10.1. The Morgan fingerprint density at radius 2 is 1.90 bits per heavy atom. The summed E-state index contributed by atoms with van der Waals surface area (Å²) >= 11 is 0. The van der Waals surface area contributed by atoms with Crippen LogP contribution < -0.4 is 10.1 Å². The number of benzene rings is 3. The van der Waals surface area contributed by atoms with Crippen molar-refractivity contribution in [2.45, 2.75) is 25.6 Å². The summed E-state index contributed by atoms with van der Waals surface area (Å²) < 4.78 is 27.0. The number of ether oxygens (including phenoxy) is 2. The van der Waals surface area contributed by atoms with Crippen LogP contribution in [0, 0.1) is 17.1 Å². The van der Waals surface area contributed by atoms with Crippen molar-refractivity contribution < 1.29 is 18.7 Å². The van der Waals surface area contributed by atoms with Gasteiger partial charge in [-0.3, -0.25) is 4.79 Å². The first-order valence-electron chi connectivity index (χ1n) is 12.7. The molecule has 8 heteroatoms. The first kappa shape index (κ1) is 25.9. The smallest absolute Gasteiger partial charge is 0.262 e. The molecule has 1 N–H and O–H groups in total. The number of amides is 1. The Hall–Kier alpha value is -4.74. The lowest BCUT2D eigenvalue weighted by Crippen LogP contribution is -2.32. The van der Waals surface area contributed by atoms with Crippen molar-refractivity contribution >= 4 is 12.0 Å². The third-order valence-electron chi connectivity index (χ3n) is 6.42. The number of para-hydroxylation sites is 1. The quantitative estimate of drug-likeness (QED) is 0.233. The summed E-state index contributed by atoms with van der Waals surface area (Å²) in [6.45, 7) is 1.16. The van der Waals surface area contributed by atoms with E-state index in [1.54, 1.807) is 47.3 Å². The fourth-order valence-corrected chi connectivity index (χ4v) is 4.33. The molecule has 39 heavy (non-hydrogen) atoms. The fraction of sp³-hybridized carbons (Fsp3) is 0.194. The van der Waals surface area contributed by atoms with Gasteiger partial charge in [0.15, 0.2) is 0 Å². The van der Waals surface area contributed by atoms with Gasteiger partial charge >= 0.3 is 0 Å². The van der Waals surface area contributed by atoms with Crippen molar-refractivity contribution in [1.82, 2.24) is 15.1 Å². The SMILES string of the molecule is N#C/C(=C\c1cn(-c2ccccc2)nc1-c1ccc(OCc2ccccc2F)cc1)C(=O)NC[C@@H]1CCCO1. The number of carbonyl (C=O) groups excluding carboxylic acids is 1. The Morgan fingerprint density at radius 1 is 1.13 bits per heavy atom. The average molecular weight is 523 g/mol. The first-order chi connectivity index (χ1) is 19.1. The number of carbonyl (C=O) groups is 1. The van der Waals surface area contributed by atoms with Crippen molar-refractivity contribution in [2.75, 3.05) is 13.2 Å². The molecule has 7 nitrogen and oxygen atoms in total. The minimum atomic E-state index is -0.455. The Labute approximate surface area is 226 Å². The van der Waals surface area contributed by atoms with Crippen LogP contribution in [0.3, 0.4) is 0 Å². The number of aromatic nitrogens is 2. The Balaban J connectivity index is 1.40. The molecule has 1 amide bonds. The van der Waals surface area contributed by atoms with E-state index in [1.807, 2.05) is 48.5 Å². The van der Waals surface area contributed by atoms with E-state index in [0.29, 0.717) is 35.7 Å². The Morgan fingerprint density at radius 3 is 2.62 bits per heavy atom. The second-order valence-corrected chi connectivity index (χ2v) is 9.13. The number of halogens is 1. The van der Waals surface area contributed by atoms with Gasteiger partial charge in [-0.1, -0.05) is 36.4 Å². The highest BCUT2D eigenvalue weighted by atomic mass is 19.1. The van der Waals surface area contributed by atoms with Crippen LogP contribution in [0.2, 0.25) is 0 Å². The molecule has 0 spiro atoms. The fourth-order valence-electron chi connectivity index (χ4n) is 4.33. The minimum absolute atomic E-state index is 0.0216. The zero-order chi connectivity index (χ0) is 27.0. The molecule has 1 atom stereocenters.